The maximum absolute atomic E-state index is 11.9. The average Bonchev–Trinajstić information content (AvgIpc) is 2.39. The molecule has 1 rings (SSSR count). The number of hydrogen-bond acceptors (Lipinski definition) is 4. The maximum atomic E-state index is 11.9. The predicted octanol–water partition coefficient (Wildman–Crippen LogP) is -0.541. The predicted molar refractivity (Wildman–Crippen MR) is 68.3 cm³/mol. The molecule has 0 aromatic rings. The molecular weight excluding hydrogens is 234 g/mol. The van der Waals surface area contributed by atoms with Gasteiger partial charge in [-0.2, -0.15) is 0 Å². The van der Waals surface area contributed by atoms with E-state index < -0.39 is 12.0 Å². The Bertz CT molecular complexity index is 307. The zero-order valence-corrected chi connectivity index (χ0v) is 11.3. The number of carboxylic acids is 1. The Kier molecular flexibility index (Phi) is 5.55. The summed E-state index contributed by atoms with van der Waals surface area (Å²) >= 11 is 0. The van der Waals surface area contributed by atoms with Crippen molar-refractivity contribution in [1.29, 1.82) is 0 Å². The number of nitrogens with zero attached hydrogens (tertiary/aromatic N) is 2. The summed E-state index contributed by atoms with van der Waals surface area (Å²) in [5, 5.41) is 11.7. The maximum Gasteiger partial charge on any atom is 0.305 e. The van der Waals surface area contributed by atoms with Crippen LogP contribution < -0.4 is 5.32 Å². The molecule has 1 aliphatic rings. The van der Waals surface area contributed by atoms with E-state index >= 15 is 0 Å². The smallest absolute Gasteiger partial charge is 0.305 e. The largest absolute Gasteiger partial charge is 0.481 e. The molecular formula is C12H23N3O3. The van der Waals surface area contributed by atoms with Crippen molar-refractivity contribution in [3.8, 4) is 0 Å². The van der Waals surface area contributed by atoms with Crippen LogP contribution in [0.2, 0.25) is 0 Å². The quantitative estimate of drug-likeness (QED) is 0.692. The Morgan fingerprint density at radius 2 is 2.22 bits per heavy atom. The van der Waals surface area contributed by atoms with E-state index in [0.29, 0.717) is 19.0 Å². The zero-order chi connectivity index (χ0) is 13.7. The molecule has 2 N–H and O–H groups in total. The number of hydrogen-bond donors (Lipinski definition) is 2. The second-order valence-electron chi connectivity index (χ2n) is 5.26. The van der Waals surface area contributed by atoms with Gasteiger partial charge >= 0.3 is 5.97 Å². The van der Waals surface area contributed by atoms with Crippen LogP contribution in [0.15, 0.2) is 0 Å². The van der Waals surface area contributed by atoms with Gasteiger partial charge in [-0.15, -0.1) is 0 Å². The van der Waals surface area contributed by atoms with Crippen LogP contribution in [0.4, 0.5) is 0 Å². The SMILES string of the molecule is CC1CNC(=O)C(CC(=O)O)N(CCN(C)C)C1. The minimum atomic E-state index is -0.931. The molecule has 0 bridgehead atoms. The lowest BCUT2D eigenvalue weighted by Gasteiger charge is -2.29. The topological polar surface area (TPSA) is 72.9 Å². The van der Waals surface area contributed by atoms with Crippen LogP contribution in [0, 0.1) is 5.92 Å². The summed E-state index contributed by atoms with van der Waals surface area (Å²) in [4.78, 5) is 26.8. The molecule has 0 aromatic heterocycles. The van der Waals surface area contributed by atoms with E-state index in [1.54, 1.807) is 0 Å². The van der Waals surface area contributed by atoms with Crippen LogP contribution in [-0.4, -0.2) is 73.1 Å². The van der Waals surface area contributed by atoms with E-state index in [1.165, 1.54) is 0 Å². The highest BCUT2D eigenvalue weighted by molar-refractivity contribution is 5.86. The van der Waals surface area contributed by atoms with Gasteiger partial charge in [-0.05, 0) is 20.0 Å². The highest BCUT2D eigenvalue weighted by Gasteiger charge is 2.31. The summed E-state index contributed by atoms with van der Waals surface area (Å²) in [6, 6.07) is -0.549. The molecule has 1 heterocycles. The third-order valence-corrected chi connectivity index (χ3v) is 3.12. The first kappa shape index (κ1) is 14.9. The second kappa shape index (κ2) is 6.70. The van der Waals surface area contributed by atoms with Crippen LogP contribution in [0.25, 0.3) is 0 Å². The van der Waals surface area contributed by atoms with E-state index in [1.807, 2.05) is 23.9 Å². The Balaban J connectivity index is 2.74. The van der Waals surface area contributed by atoms with Gasteiger partial charge in [0.1, 0.15) is 0 Å². The first-order chi connectivity index (χ1) is 8.40. The van der Waals surface area contributed by atoms with Gasteiger partial charge in [-0.25, -0.2) is 0 Å². The molecule has 2 atom stereocenters. The lowest BCUT2D eigenvalue weighted by molar-refractivity contribution is -0.141. The molecule has 0 radical (unpaired) electrons. The molecule has 1 fully saturated rings. The van der Waals surface area contributed by atoms with E-state index in [4.69, 9.17) is 5.11 Å². The van der Waals surface area contributed by atoms with E-state index in [2.05, 4.69) is 12.2 Å². The van der Waals surface area contributed by atoms with Gasteiger partial charge in [0.15, 0.2) is 0 Å². The van der Waals surface area contributed by atoms with Crippen LogP contribution >= 0.6 is 0 Å². The molecule has 104 valence electrons. The summed E-state index contributed by atoms with van der Waals surface area (Å²) < 4.78 is 0. The van der Waals surface area contributed by atoms with Crippen molar-refractivity contribution in [3.05, 3.63) is 0 Å². The van der Waals surface area contributed by atoms with Gasteiger partial charge < -0.3 is 15.3 Å². The van der Waals surface area contributed by atoms with Crippen molar-refractivity contribution < 1.29 is 14.7 Å². The Hall–Kier alpha value is -1.14. The van der Waals surface area contributed by atoms with Crippen LogP contribution in [0.5, 0.6) is 0 Å². The number of amides is 1. The molecule has 0 aromatic carbocycles. The van der Waals surface area contributed by atoms with Gasteiger partial charge in [-0.1, -0.05) is 6.92 Å². The summed E-state index contributed by atoms with van der Waals surface area (Å²) in [7, 11) is 3.93. The van der Waals surface area contributed by atoms with Gasteiger partial charge in [0.05, 0.1) is 12.5 Å². The third kappa shape index (κ3) is 4.62. The zero-order valence-electron chi connectivity index (χ0n) is 11.3. The van der Waals surface area contributed by atoms with E-state index in [9.17, 15) is 9.59 Å². The second-order valence-corrected chi connectivity index (χ2v) is 5.26. The summed E-state index contributed by atoms with van der Waals surface area (Å²) in [6.07, 6.45) is -0.133. The van der Waals surface area contributed by atoms with Crippen molar-refractivity contribution >= 4 is 11.9 Å². The fraction of sp³-hybridized carbons (Fsp3) is 0.833. The number of likely N-dealkylation sites (N-methyl/N-ethyl adjacent to an activating group) is 1. The molecule has 1 saturated heterocycles. The summed E-state index contributed by atoms with van der Waals surface area (Å²) in [6.45, 7) is 4.96. The number of nitrogens with one attached hydrogen (secondary N) is 1. The molecule has 18 heavy (non-hydrogen) atoms. The minimum Gasteiger partial charge on any atom is -0.481 e. The minimum absolute atomic E-state index is 0.133. The molecule has 6 nitrogen and oxygen atoms in total. The first-order valence-electron chi connectivity index (χ1n) is 6.28. The summed E-state index contributed by atoms with van der Waals surface area (Å²) in [5.74, 6) is -0.755. The van der Waals surface area contributed by atoms with Crippen molar-refractivity contribution in [1.82, 2.24) is 15.1 Å². The van der Waals surface area contributed by atoms with Crippen molar-refractivity contribution in [3.63, 3.8) is 0 Å². The van der Waals surface area contributed by atoms with E-state index in [0.717, 1.165) is 13.1 Å². The van der Waals surface area contributed by atoms with Gasteiger partial charge in [-0.3, -0.25) is 14.5 Å². The van der Waals surface area contributed by atoms with Gasteiger partial charge in [0.2, 0.25) is 5.91 Å². The Labute approximate surface area is 108 Å². The summed E-state index contributed by atoms with van der Waals surface area (Å²) in [5.41, 5.74) is 0. The Morgan fingerprint density at radius 3 is 2.78 bits per heavy atom. The van der Waals surface area contributed by atoms with Crippen molar-refractivity contribution in [2.24, 2.45) is 5.92 Å². The van der Waals surface area contributed by atoms with Crippen LogP contribution in [0.3, 0.4) is 0 Å². The van der Waals surface area contributed by atoms with E-state index in [-0.39, 0.29) is 12.3 Å². The standard InChI is InChI=1S/C12H23N3O3/c1-9-7-13-12(18)10(6-11(16)17)15(8-9)5-4-14(2)3/h9-10H,4-8H2,1-3H3,(H,13,18)(H,16,17). The highest BCUT2D eigenvalue weighted by Crippen LogP contribution is 2.12. The molecule has 1 amide bonds. The fourth-order valence-electron chi connectivity index (χ4n) is 2.11. The van der Waals surface area contributed by atoms with Crippen molar-refractivity contribution in [2.45, 2.75) is 19.4 Å². The van der Waals surface area contributed by atoms with Gasteiger partial charge in [0.25, 0.3) is 0 Å². The van der Waals surface area contributed by atoms with Crippen LogP contribution in [-0.2, 0) is 9.59 Å². The monoisotopic (exact) mass is 257 g/mol. The number of carbonyl (C=O) groups is 2. The molecule has 0 aliphatic carbocycles. The van der Waals surface area contributed by atoms with Crippen LogP contribution in [0.1, 0.15) is 13.3 Å². The van der Waals surface area contributed by atoms with Crippen molar-refractivity contribution in [2.75, 3.05) is 40.3 Å². The third-order valence-electron chi connectivity index (χ3n) is 3.12. The molecule has 2 unspecified atom stereocenters. The molecule has 1 aliphatic heterocycles. The number of aliphatic carboxylic acids is 1. The molecule has 0 saturated carbocycles. The average molecular weight is 257 g/mol. The fourth-order valence-corrected chi connectivity index (χ4v) is 2.11. The molecule has 0 spiro atoms. The highest BCUT2D eigenvalue weighted by atomic mass is 16.4. The Morgan fingerprint density at radius 1 is 1.56 bits per heavy atom. The van der Waals surface area contributed by atoms with Gasteiger partial charge in [0, 0.05) is 26.2 Å². The first-order valence-corrected chi connectivity index (χ1v) is 6.28. The lowest BCUT2D eigenvalue weighted by Crippen LogP contribution is -2.47. The molecule has 6 heteroatoms. The normalized spacial score (nSPS) is 25.9. The number of carbonyl (C=O) groups excluding carboxylic acids is 1. The lowest BCUT2D eigenvalue weighted by atomic mass is 10.1. The number of carboxylic acid groups (broad SMARTS) is 1. The number of rotatable bonds is 5.